The van der Waals surface area contributed by atoms with Gasteiger partial charge in [0.05, 0.1) is 0 Å². The van der Waals surface area contributed by atoms with Gasteiger partial charge in [0.2, 0.25) is 0 Å². The van der Waals surface area contributed by atoms with E-state index in [1.165, 1.54) is 44.9 Å². The first-order valence-corrected chi connectivity index (χ1v) is 7.61. The Morgan fingerprint density at radius 1 is 1.06 bits per heavy atom. The molecule has 0 aromatic heterocycles. The lowest BCUT2D eigenvalue weighted by Gasteiger charge is -2.27. The Labute approximate surface area is 112 Å². The maximum absolute atomic E-state index is 2.48. The smallest absolute Gasteiger partial charge is 0.0162 e. The van der Waals surface area contributed by atoms with E-state index >= 15 is 0 Å². The fraction of sp³-hybridized carbons (Fsp3) is 0.556. The summed E-state index contributed by atoms with van der Waals surface area (Å²) in [4.78, 5) is 0. The van der Waals surface area contributed by atoms with Crippen LogP contribution in [0.1, 0.15) is 63.4 Å². The summed E-state index contributed by atoms with van der Waals surface area (Å²) in [6.07, 6.45) is 14.3. The number of benzene rings is 1. The summed E-state index contributed by atoms with van der Waals surface area (Å²) in [5.41, 5.74) is 1.55. The molecule has 0 spiro atoms. The van der Waals surface area contributed by atoms with Gasteiger partial charge >= 0.3 is 0 Å². The molecule has 2 rings (SSSR count). The molecule has 1 aliphatic carbocycles. The molecule has 1 aliphatic rings. The van der Waals surface area contributed by atoms with Crippen LogP contribution in [-0.2, 0) is 0 Å². The van der Waals surface area contributed by atoms with Crippen molar-refractivity contribution in [1.29, 1.82) is 0 Å². The third-order valence-corrected chi connectivity index (χ3v) is 4.18. The lowest BCUT2D eigenvalue weighted by Crippen LogP contribution is -2.11. The van der Waals surface area contributed by atoms with Crippen LogP contribution in [0.2, 0.25) is 0 Å². The lowest BCUT2D eigenvalue weighted by atomic mass is 9.78. The molecule has 1 aromatic rings. The quantitative estimate of drug-likeness (QED) is 0.458. The minimum Gasteiger partial charge on any atom is -0.0883 e. The van der Waals surface area contributed by atoms with Gasteiger partial charge in [0, 0.05) is 0 Å². The molecule has 1 saturated carbocycles. The molecule has 0 N–H and O–H groups in total. The molecule has 0 amide bonds. The molecule has 0 saturated heterocycles. The summed E-state index contributed by atoms with van der Waals surface area (Å²) in [5.74, 6) is 1.66. The zero-order valence-corrected chi connectivity index (χ0v) is 11.6. The number of rotatable bonds is 5. The normalized spacial score (nSPS) is 24.5. The van der Waals surface area contributed by atoms with E-state index in [0.717, 1.165) is 11.8 Å². The Kier molecular flexibility index (Phi) is 5.51. The minimum absolute atomic E-state index is 0.812. The van der Waals surface area contributed by atoms with Crippen LogP contribution < -0.4 is 0 Å². The molecule has 0 atom stereocenters. The van der Waals surface area contributed by atoms with Crippen LogP contribution >= 0.6 is 0 Å². The fourth-order valence-electron chi connectivity index (χ4n) is 2.98. The molecular weight excluding hydrogens is 216 g/mol. The maximum atomic E-state index is 2.48. The Morgan fingerprint density at radius 2 is 1.78 bits per heavy atom. The molecule has 0 radical (unpaired) electrons. The summed E-state index contributed by atoms with van der Waals surface area (Å²) >= 11 is 0. The van der Waals surface area contributed by atoms with E-state index in [-0.39, 0.29) is 0 Å². The van der Waals surface area contributed by atoms with Gasteiger partial charge in [-0.3, -0.25) is 0 Å². The second-order valence-corrected chi connectivity index (χ2v) is 5.59. The summed E-state index contributed by atoms with van der Waals surface area (Å²) in [7, 11) is 0. The van der Waals surface area contributed by atoms with Gasteiger partial charge in [0.1, 0.15) is 0 Å². The topological polar surface area (TPSA) is 0 Å². The van der Waals surface area contributed by atoms with Crippen molar-refractivity contribution in [2.45, 2.75) is 57.8 Å². The Hall–Kier alpha value is -1.04. The predicted octanol–water partition coefficient (Wildman–Crippen LogP) is 5.71. The zero-order valence-electron chi connectivity index (χ0n) is 11.6. The molecule has 0 nitrogen and oxygen atoms in total. The highest BCUT2D eigenvalue weighted by molar-refractivity contribution is 5.20. The third kappa shape index (κ3) is 4.01. The van der Waals surface area contributed by atoms with E-state index < -0.39 is 0 Å². The Balaban J connectivity index is 1.76. The summed E-state index contributed by atoms with van der Waals surface area (Å²) < 4.78 is 0. The molecule has 0 unspecified atom stereocenters. The zero-order chi connectivity index (χ0) is 12.6. The van der Waals surface area contributed by atoms with Crippen LogP contribution in [0.5, 0.6) is 0 Å². The van der Waals surface area contributed by atoms with Crippen LogP contribution in [0.25, 0.3) is 0 Å². The van der Waals surface area contributed by atoms with Gasteiger partial charge in [0.25, 0.3) is 0 Å². The van der Waals surface area contributed by atoms with Gasteiger partial charge in [-0.1, -0.05) is 62.2 Å². The second-order valence-electron chi connectivity index (χ2n) is 5.59. The van der Waals surface area contributed by atoms with E-state index in [2.05, 4.69) is 49.4 Å². The van der Waals surface area contributed by atoms with E-state index in [4.69, 9.17) is 0 Å². The van der Waals surface area contributed by atoms with Crippen LogP contribution in [0.4, 0.5) is 0 Å². The molecule has 18 heavy (non-hydrogen) atoms. The molecule has 1 aromatic carbocycles. The van der Waals surface area contributed by atoms with Crippen LogP contribution in [0, 0.1) is 5.92 Å². The molecule has 98 valence electrons. The monoisotopic (exact) mass is 242 g/mol. The highest BCUT2D eigenvalue weighted by Crippen LogP contribution is 2.36. The average molecular weight is 242 g/mol. The predicted molar refractivity (Wildman–Crippen MR) is 79.8 cm³/mol. The van der Waals surface area contributed by atoms with Gasteiger partial charge in [0.15, 0.2) is 0 Å². The first-order chi connectivity index (χ1) is 8.90. The number of allylic oxidation sites excluding steroid dienone is 2. The van der Waals surface area contributed by atoms with Crippen molar-refractivity contribution in [2.75, 3.05) is 0 Å². The molecule has 0 bridgehead atoms. The molecular formula is C18H26. The highest BCUT2D eigenvalue weighted by atomic mass is 14.2. The Morgan fingerprint density at radius 3 is 2.44 bits per heavy atom. The van der Waals surface area contributed by atoms with Crippen LogP contribution in [0.3, 0.4) is 0 Å². The third-order valence-electron chi connectivity index (χ3n) is 4.18. The highest BCUT2D eigenvalue weighted by Gasteiger charge is 2.20. The molecule has 0 heteroatoms. The lowest BCUT2D eigenvalue weighted by molar-refractivity contribution is 0.375. The number of hydrogen-bond donors (Lipinski definition) is 0. The number of unbranched alkanes of at least 4 members (excludes halogenated alkanes) is 2. The fourth-order valence-corrected chi connectivity index (χ4v) is 2.98. The average Bonchev–Trinajstić information content (AvgIpc) is 2.45. The van der Waals surface area contributed by atoms with Crippen molar-refractivity contribution in [3.63, 3.8) is 0 Å². The van der Waals surface area contributed by atoms with Crippen molar-refractivity contribution >= 4 is 0 Å². The summed E-state index contributed by atoms with van der Waals surface area (Å²) in [6.45, 7) is 2.26. The molecule has 1 fully saturated rings. The first-order valence-electron chi connectivity index (χ1n) is 7.61. The van der Waals surface area contributed by atoms with Crippen LogP contribution in [0.15, 0.2) is 42.5 Å². The SMILES string of the molecule is CCCCC=CC1CCC(c2ccccc2)CC1. The second kappa shape index (κ2) is 7.41. The van der Waals surface area contributed by atoms with Crippen molar-refractivity contribution in [1.82, 2.24) is 0 Å². The summed E-state index contributed by atoms with van der Waals surface area (Å²) in [5, 5.41) is 0. The van der Waals surface area contributed by atoms with Gasteiger partial charge in [-0.2, -0.15) is 0 Å². The maximum Gasteiger partial charge on any atom is -0.0162 e. The van der Waals surface area contributed by atoms with Crippen molar-refractivity contribution in [3.05, 3.63) is 48.0 Å². The molecule has 0 aliphatic heterocycles. The van der Waals surface area contributed by atoms with E-state index in [1.54, 1.807) is 5.56 Å². The Bertz CT molecular complexity index is 342. The van der Waals surface area contributed by atoms with E-state index in [9.17, 15) is 0 Å². The summed E-state index contributed by atoms with van der Waals surface area (Å²) in [6, 6.07) is 11.0. The standard InChI is InChI=1S/C18H26/c1-2-3-4-6-9-16-12-14-18(15-13-16)17-10-7-5-8-11-17/h5-11,16,18H,2-4,12-15H2,1H3. The van der Waals surface area contributed by atoms with Crippen LogP contribution in [-0.4, -0.2) is 0 Å². The van der Waals surface area contributed by atoms with Gasteiger partial charge in [-0.05, 0) is 49.5 Å². The van der Waals surface area contributed by atoms with Crippen molar-refractivity contribution in [2.24, 2.45) is 5.92 Å². The van der Waals surface area contributed by atoms with E-state index in [0.29, 0.717) is 0 Å². The molecule has 0 heterocycles. The van der Waals surface area contributed by atoms with Crippen molar-refractivity contribution in [3.8, 4) is 0 Å². The minimum atomic E-state index is 0.812. The first kappa shape index (κ1) is 13.4. The largest absolute Gasteiger partial charge is 0.0883 e. The van der Waals surface area contributed by atoms with Gasteiger partial charge in [-0.15, -0.1) is 0 Å². The van der Waals surface area contributed by atoms with E-state index in [1.807, 2.05) is 0 Å². The van der Waals surface area contributed by atoms with Crippen molar-refractivity contribution < 1.29 is 0 Å². The van der Waals surface area contributed by atoms with Gasteiger partial charge < -0.3 is 0 Å². The van der Waals surface area contributed by atoms with Gasteiger partial charge in [-0.25, -0.2) is 0 Å². The number of hydrogen-bond acceptors (Lipinski definition) is 0.